The van der Waals surface area contributed by atoms with Gasteiger partial charge in [0, 0.05) is 29.9 Å². The van der Waals surface area contributed by atoms with Crippen molar-refractivity contribution in [2.45, 2.75) is 45.6 Å². The number of amides is 2. The van der Waals surface area contributed by atoms with Gasteiger partial charge in [0.15, 0.2) is 0 Å². The highest BCUT2D eigenvalue weighted by Gasteiger charge is 2.46. The Hall–Kier alpha value is -3.18. The Morgan fingerprint density at radius 3 is 2.26 bits per heavy atom. The molecule has 5 rings (SSSR count). The molecule has 0 saturated carbocycles. The van der Waals surface area contributed by atoms with Crippen molar-refractivity contribution in [2.24, 2.45) is 0 Å². The Kier molecular flexibility index (Phi) is 5.90. The van der Waals surface area contributed by atoms with Crippen LogP contribution in [0.1, 0.15) is 40.7 Å². The number of hydrogen-bond donors (Lipinski definition) is 1. The van der Waals surface area contributed by atoms with E-state index in [1.165, 1.54) is 22.8 Å². The molecule has 2 aliphatic heterocycles. The van der Waals surface area contributed by atoms with E-state index in [-0.39, 0.29) is 17.3 Å². The second kappa shape index (κ2) is 8.88. The van der Waals surface area contributed by atoms with Crippen molar-refractivity contribution in [1.82, 2.24) is 4.90 Å². The molecular weight excluding hydrogens is 425 g/mol. The summed E-state index contributed by atoms with van der Waals surface area (Å²) in [4.78, 5) is 17.5. The van der Waals surface area contributed by atoms with Gasteiger partial charge in [0.25, 0.3) is 0 Å². The van der Waals surface area contributed by atoms with E-state index in [1.807, 2.05) is 31.2 Å². The molecule has 0 bridgehead atoms. The topological polar surface area (TPSA) is 35.6 Å². The molecule has 34 heavy (non-hydrogen) atoms. The fraction of sp³-hybridized carbons (Fsp3) is 0.345. The highest BCUT2D eigenvalue weighted by molar-refractivity contribution is 6.03. The van der Waals surface area contributed by atoms with Gasteiger partial charge in [0.2, 0.25) is 0 Å². The quantitative estimate of drug-likeness (QED) is 0.498. The molecular formula is C29H32FN3O. The first-order valence-electron chi connectivity index (χ1n) is 12.1. The third-order valence-electron chi connectivity index (χ3n) is 7.33. The van der Waals surface area contributed by atoms with Crippen molar-refractivity contribution in [1.29, 1.82) is 0 Å². The van der Waals surface area contributed by atoms with Gasteiger partial charge in [-0.2, -0.15) is 0 Å². The van der Waals surface area contributed by atoms with E-state index in [9.17, 15) is 9.18 Å². The number of aryl methyl sites for hydroxylation is 3. The van der Waals surface area contributed by atoms with Gasteiger partial charge in [-0.1, -0.05) is 47.0 Å². The average Bonchev–Trinajstić information content (AvgIpc) is 3.10. The first kappa shape index (κ1) is 22.6. The molecule has 1 spiro atoms. The summed E-state index contributed by atoms with van der Waals surface area (Å²) in [6.07, 6.45) is 1.81. The Bertz CT molecular complexity index is 1190. The van der Waals surface area contributed by atoms with E-state index in [0.717, 1.165) is 55.0 Å². The summed E-state index contributed by atoms with van der Waals surface area (Å²) in [5, 5.41) is 3.02. The summed E-state index contributed by atoms with van der Waals surface area (Å²) in [6, 6.07) is 19.2. The Morgan fingerprint density at radius 1 is 0.912 bits per heavy atom. The molecule has 0 atom stereocenters. The predicted octanol–water partition coefficient (Wildman–Crippen LogP) is 6.34. The lowest BCUT2D eigenvalue weighted by molar-refractivity contribution is 0.160. The van der Waals surface area contributed by atoms with Gasteiger partial charge in [0.05, 0.1) is 0 Å². The van der Waals surface area contributed by atoms with Crippen LogP contribution in [0.15, 0.2) is 60.7 Å². The molecule has 4 nitrogen and oxygen atoms in total. The van der Waals surface area contributed by atoms with Crippen molar-refractivity contribution < 1.29 is 9.18 Å². The maximum atomic E-state index is 14.3. The third kappa shape index (κ3) is 4.45. The number of urea groups is 1. The molecule has 3 aromatic carbocycles. The van der Waals surface area contributed by atoms with E-state index in [2.05, 4.69) is 42.3 Å². The average molecular weight is 458 g/mol. The van der Waals surface area contributed by atoms with E-state index in [4.69, 9.17) is 0 Å². The number of carbonyl (C=O) groups excluding carboxylic acids is 1. The van der Waals surface area contributed by atoms with Crippen LogP contribution in [0.25, 0.3) is 0 Å². The minimum atomic E-state index is -0.239. The number of nitrogens with one attached hydrogen (secondary N) is 1. The van der Waals surface area contributed by atoms with Crippen LogP contribution in [-0.2, 0) is 12.0 Å². The van der Waals surface area contributed by atoms with Crippen molar-refractivity contribution in [3.8, 4) is 0 Å². The number of benzene rings is 3. The molecule has 1 N–H and O–H groups in total. The number of anilines is 2. The second-order valence-electron chi connectivity index (χ2n) is 10.1. The van der Waals surface area contributed by atoms with Crippen LogP contribution in [0.3, 0.4) is 0 Å². The van der Waals surface area contributed by atoms with Gasteiger partial charge < -0.3 is 5.32 Å². The first-order chi connectivity index (χ1) is 16.3. The summed E-state index contributed by atoms with van der Waals surface area (Å²) in [6.45, 7) is 9.66. The molecule has 2 amide bonds. The van der Waals surface area contributed by atoms with Crippen LogP contribution in [0.5, 0.6) is 0 Å². The molecule has 1 fully saturated rings. The number of nitrogens with zero attached hydrogens (tertiary/aromatic N) is 2. The molecule has 3 aromatic rings. The molecule has 0 unspecified atom stereocenters. The summed E-state index contributed by atoms with van der Waals surface area (Å²) in [5.41, 5.74) is 7.42. The lowest BCUT2D eigenvalue weighted by Gasteiger charge is -2.40. The fourth-order valence-corrected chi connectivity index (χ4v) is 5.64. The molecule has 2 heterocycles. The molecule has 2 aliphatic rings. The van der Waals surface area contributed by atoms with Crippen molar-refractivity contribution in [3.05, 3.63) is 94.3 Å². The van der Waals surface area contributed by atoms with Gasteiger partial charge in [-0.15, -0.1) is 0 Å². The van der Waals surface area contributed by atoms with Crippen LogP contribution in [-0.4, -0.2) is 30.6 Å². The Balaban J connectivity index is 1.34. The van der Waals surface area contributed by atoms with E-state index >= 15 is 0 Å². The number of piperidine rings is 1. The molecule has 5 heteroatoms. The van der Waals surface area contributed by atoms with Crippen LogP contribution in [0.2, 0.25) is 0 Å². The normalized spacial score (nSPS) is 17.1. The fourth-order valence-electron chi connectivity index (χ4n) is 5.64. The van der Waals surface area contributed by atoms with Crippen molar-refractivity contribution in [2.75, 3.05) is 29.9 Å². The Morgan fingerprint density at radius 2 is 1.59 bits per heavy atom. The van der Waals surface area contributed by atoms with Crippen LogP contribution < -0.4 is 10.2 Å². The molecule has 0 aromatic heterocycles. The van der Waals surface area contributed by atoms with Gasteiger partial charge in [-0.3, -0.25) is 9.80 Å². The minimum Gasteiger partial charge on any atom is -0.308 e. The zero-order valence-corrected chi connectivity index (χ0v) is 20.2. The lowest BCUT2D eigenvalue weighted by Crippen LogP contribution is -2.46. The predicted molar refractivity (Wildman–Crippen MR) is 136 cm³/mol. The molecule has 0 aliphatic carbocycles. The van der Waals surface area contributed by atoms with Crippen molar-refractivity contribution >= 4 is 17.4 Å². The minimum absolute atomic E-state index is 0.161. The number of fused-ring (bicyclic) bond motifs is 2. The number of carbonyl (C=O) groups is 1. The van der Waals surface area contributed by atoms with Crippen LogP contribution >= 0.6 is 0 Å². The smallest absolute Gasteiger partial charge is 0.308 e. The summed E-state index contributed by atoms with van der Waals surface area (Å²) in [5.74, 6) is -0.239. The Labute approximate surface area is 201 Å². The van der Waals surface area contributed by atoms with E-state index in [1.54, 1.807) is 17.0 Å². The summed E-state index contributed by atoms with van der Waals surface area (Å²) in [7, 11) is 0. The SMILES string of the molecule is Cc1ccc(NC(=O)N2CC3(CCN(Cc4cc(C)cc(C)c4)CC3)c3cc(F)ccc32)cc1. The van der Waals surface area contributed by atoms with Gasteiger partial charge >= 0.3 is 6.03 Å². The molecule has 0 radical (unpaired) electrons. The summed E-state index contributed by atoms with van der Waals surface area (Å²) >= 11 is 0. The van der Waals surface area contributed by atoms with Gasteiger partial charge in [-0.25, -0.2) is 9.18 Å². The first-order valence-corrected chi connectivity index (χ1v) is 12.1. The number of halogens is 1. The highest BCUT2D eigenvalue weighted by atomic mass is 19.1. The monoisotopic (exact) mass is 457 g/mol. The van der Waals surface area contributed by atoms with Crippen LogP contribution in [0.4, 0.5) is 20.6 Å². The third-order valence-corrected chi connectivity index (χ3v) is 7.33. The van der Waals surface area contributed by atoms with Gasteiger partial charge in [-0.05, 0) is 88.2 Å². The molecule has 176 valence electrons. The highest BCUT2D eigenvalue weighted by Crippen LogP contribution is 2.47. The molecule has 1 saturated heterocycles. The van der Waals surface area contributed by atoms with Crippen LogP contribution in [0, 0.1) is 26.6 Å². The van der Waals surface area contributed by atoms with Crippen molar-refractivity contribution in [3.63, 3.8) is 0 Å². The number of rotatable bonds is 3. The zero-order chi connectivity index (χ0) is 23.9. The largest absolute Gasteiger partial charge is 0.326 e. The van der Waals surface area contributed by atoms with E-state index < -0.39 is 0 Å². The lowest BCUT2D eigenvalue weighted by atomic mass is 9.74. The number of likely N-dealkylation sites (tertiary alicyclic amines) is 1. The second-order valence-corrected chi connectivity index (χ2v) is 10.1. The van der Waals surface area contributed by atoms with E-state index in [0.29, 0.717) is 6.54 Å². The maximum absolute atomic E-state index is 14.3. The zero-order valence-electron chi connectivity index (χ0n) is 20.2. The number of hydrogen-bond acceptors (Lipinski definition) is 2. The summed E-state index contributed by atoms with van der Waals surface area (Å²) < 4.78 is 14.3. The standard InChI is InChI=1S/C29H32FN3O/c1-20-4-7-25(8-5-20)31-28(34)33-19-29(26-17-24(30)6-9-27(26)33)10-12-32(13-11-29)18-23-15-21(2)14-22(3)16-23/h4-9,14-17H,10-13,18-19H2,1-3H3,(H,31,34). The van der Waals surface area contributed by atoms with Gasteiger partial charge in [0.1, 0.15) is 5.82 Å². The maximum Gasteiger partial charge on any atom is 0.326 e.